The van der Waals surface area contributed by atoms with Crippen LogP contribution in [0.1, 0.15) is 42.5 Å². The van der Waals surface area contributed by atoms with Crippen LogP contribution in [-0.2, 0) is 6.42 Å². The molecule has 7 rings (SSSR count). The number of rotatable bonds is 5. The Bertz CT molecular complexity index is 2020. The Morgan fingerprint density at radius 1 is 0.651 bits per heavy atom. The van der Waals surface area contributed by atoms with Crippen molar-refractivity contribution in [3.63, 3.8) is 0 Å². The lowest BCUT2D eigenvalue weighted by Crippen LogP contribution is -1.93. The molecule has 1 heteroatoms. The molecule has 43 heavy (non-hydrogen) atoms. The maximum atomic E-state index is 4.32. The Morgan fingerprint density at radius 3 is 2.14 bits per heavy atom. The van der Waals surface area contributed by atoms with Gasteiger partial charge in [-0.05, 0) is 122 Å². The highest BCUT2D eigenvalue weighted by atomic mass is 14.6. The van der Waals surface area contributed by atoms with Crippen molar-refractivity contribution in [2.75, 3.05) is 0 Å². The maximum absolute atomic E-state index is 4.32. The number of aryl methyl sites for hydroxylation is 2. The third kappa shape index (κ3) is 5.13. The van der Waals surface area contributed by atoms with Crippen LogP contribution in [0.5, 0.6) is 0 Å². The van der Waals surface area contributed by atoms with Gasteiger partial charge in [-0.1, -0.05) is 110 Å². The summed E-state index contributed by atoms with van der Waals surface area (Å²) in [7, 11) is 0. The maximum Gasteiger partial charge on any atom is 0.0346 e. The Kier molecular flexibility index (Phi) is 7.09. The molecule has 1 nitrogen and oxygen atoms in total. The van der Waals surface area contributed by atoms with E-state index < -0.39 is 0 Å². The minimum atomic E-state index is 0.985. The summed E-state index contributed by atoms with van der Waals surface area (Å²) in [5, 5.41) is 2.69. The van der Waals surface area contributed by atoms with Crippen molar-refractivity contribution < 1.29 is 0 Å². The van der Waals surface area contributed by atoms with E-state index in [1.54, 1.807) is 0 Å². The lowest BCUT2D eigenvalue weighted by atomic mass is 9.87. The Hall–Kier alpha value is -5.01. The van der Waals surface area contributed by atoms with Crippen LogP contribution in [0.4, 0.5) is 0 Å². The topological polar surface area (TPSA) is 12.9 Å². The molecule has 1 heterocycles. The molecule has 1 aromatic heterocycles. The number of aromatic nitrogens is 1. The predicted octanol–water partition coefficient (Wildman–Crippen LogP) is 11.6. The molecule has 0 fully saturated rings. The summed E-state index contributed by atoms with van der Waals surface area (Å²) in [5.41, 5.74) is 16.5. The summed E-state index contributed by atoms with van der Waals surface area (Å²) in [6.45, 7) is 6.72. The molecular weight excluding hydrogens is 518 g/mol. The van der Waals surface area contributed by atoms with Crippen LogP contribution in [0.2, 0.25) is 0 Å². The quantitative estimate of drug-likeness (QED) is 0.207. The van der Waals surface area contributed by atoms with Gasteiger partial charge in [-0.25, -0.2) is 0 Å². The molecule has 0 atom stereocenters. The summed E-state index contributed by atoms with van der Waals surface area (Å²) in [6.07, 6.45) is 12.6. The van der Waals surface area contributed by atoms with Gasteiger partial charge in [-0.15, -0.1) is 0 Å². The highest BCUT2D eigenvalue weighted by Crippen LogP contribution is 2.39. The number of fused-ring (bicyclic) bond motifs is 3. The van der Waals surface area contributed by atoms with Crippen molar-refractivity contribution in [2.45, 2.75) is 33.6 Å². The second-order valence-corrected chi connectivity index (χ2v) is 11.6. The van der Waals surface area contributed by atoms with Crippen LogP contribution in [0.25, 0.3) is 66.9 Å². The van der Waals surface area contributed by atoms with Crippen LogP contribution in [-0.4, -0.2) is 4.98 Å². The van der Waals surface area contributed by atoms with E-state index in [1.807, 2.05) is 18.5 Å². The normalized spacial score (nSPS) is 12.6. The minimum absolute atomic E-state index is 0.985. The monoisotopic (exact) mass is 553 g/mol. The number of nitrogens with zero attached hydrogens (tertiary/aromatic N) is 1. The highest BCUT2D eigenvalue weighted by molar-refractivity contribution is 6.06. The van der Waals surface area contributed by atoms with Crippen LogP contribution < -0.4 is 0 Å². The number of benzene rings is 5. The molecule has 0 unspecified atom stereocenters. The Morgan fingerprint density at radius 2 is 1.37 bits per heavy atom. The number of hydrogen-bond donors (Lipinski definition) is 0. The van der Waals surface area contributed by atoms with Crippen LogP contribution in [0, 0.1) is 6.92 Å². The molecule has 5 aromatic carbocycles. The molecule has 0 spiro atoms. The SMILES string of the molecule is CCc1cc(-c2ccc(-c3ccc(C)c4c5c(ccc34)C=CCC=C5C)cc2)cc(-c2cccc(-c3cccnc3)c2)c1. The third-order valence-corrected chi connectivity index (χ3v) is 8.80. The zero-order valence-electron chi connectivity index (χ0n) is 25.1. The first-order chi connectivity index (χ1) is 21.1. The van der Waals surface area contributed by atoms with Crippen molar-refractivity contribution in [3.8, 4) is 44.5 Å². The Balaban J connectivity index is 1.28. The summed E-state index contributed by atoms with van der Waals surface area (Å²) in [6, 6.07) is 38.2. The van der Waals surface area contributed by atoms with E-state index >= 15 is 0 Å². The van der Waals surface area contributed by atoms with Gasteiger partial charge in [-0.2, -0.15) is 0 Å². The van der Waals surface area contributed by atoms with E-state index in [0.29, 0.717) is 0 Å². The van der Waals surface area contributed by atoms with Crippen molar-refractivity contribution >= 4 is 22.4 Å². The average Bonchev–Trinajstić information content (AvgIpc) is 3.26. The molecule has 0 aliphatic heterocycles. The summed E-state index contributed by atoms with van der Waals surface area (Å²) in [4.78, 5) is 4.32. The lowest BCUT2D eigenvalue weighted by Gasteiger charge is -2.17. The van der Waals surface area contributed by atoms with Gasteiger partial charge in [0.1, 0.15) is 0 Å². The largest absolute Gasteiger partial charge is 0.264 e. The second-order valence-electron chi connectivity index (χ2n) is 11.6. The molecule has 0 amide bonds. The summed E-state index contributed by atoms with van der Waals surface area (Å²) in [5.74, 6) is 0. The fraction of sp³-hybridized carbons (Fsp3) is 0.119. The zero-order valence-corrected chi connectivity index (χ0v) is 25.1. The van der Waals surface area contributed by atoms with E-state index in [0.717, 1.165) is 18.4 Å². The van der Waals surface area contributed by atoms with Crippen LogP contribution >= 0.6 is 0 Å². The lowest BCUT2D eigenvalue weighted by molar-refractivity contribution is 1.14. The first-order valence-electron chi connectivity index (χ1n) is 15.2. The minimum Gasteiger partial charge on any atom is -0.264 e. The van der Waals surface area contributed by atoms with Gasteiger partial charge in [0.25, 0.3) is 0 Å². The fourth-order valence-corrected chi connectivity index (χ4v) is 6.48. The van der Waals surface area contributed by atoms with Crippen LogP contribution in [0.15, 0.2) is 128 Å². The molecule has 0 saturated carbocycles. The first-order valence-corrected chi connectivity index (χ1v) is 15.2. The number of hydrogen-bond acceptors (Lipinski definition) is 1. The van der Waals surface area contributed by atoms with Gasteiger partial charge < -0.3 is 0 Å². The van der Waals surface area contributed by atoms with Crippen molar-refractivity contribution in [1.29, 1.82) is 0 Å². The van der Waals surface area contributed by atoms with Gasteiger partial charge >= 0.3 is 0 Å². The molecule has 6 aromatic rings. The number of allylic oxidation sites excluding steroid dienone is 3. The van der Waals surface area contributed by atoms with E-state index in [1.165, 1.54) is 77.5 Å². The van der Waals surface area contributed by atoms with E-state index in [2.05, 4.69) is 141 Å². The van der Waals surface area contributed by atoms with Crippen molar-refractivity contribution in [3.05, 3.63) is 150 Å². The van der Waals surface area contributed by atoms with Crippen LogP contribution in [0.3, 0.4) is 0 Å². The van der Waals surface area contributed by atoms with Gasteiger partial charge in [0.15, 0.2) is 0 Å². The second kappa shape index (κ2) is 11.3. The molecule has 0 bridgehead atoms. The van der Waals surface area contributed by atoms with Gasteiger partial charge in [0.05, 0.1) is 0 Å². The predicted molar refractivity (Wildman–Crippen MR) is 185 cm³/mol. The van der Waals surface area contributed by atoms with Gasteiger partial charge in [0.2, 0.25) is 0 Å². The molecule has 0 N–H and O–H groups in total. The third-order valence-electron chi connectivity index (χ3n) is 8.80. The summed E-state index contributed by atoms with van der Waals surface area (Å²) >= 11 is 0. The number of pyridine rings is 1. The van der Waals surface area contributed by atoms with E-state index in [-0.39, 0.29) is 0 Å². The molecule has 1 aliphatic carbocycles. The van der Waals surface area contributed by atoms with Crippen molar-refractivity contribution in [2.24, 2.45) is 0 Å². The summed E-state index contributed by atoms with van der Waals surface area (Å²) < 4.78 is 0. The average molecular weight is 554 g/mol. The smallest absolute Gasteiger partial charge is 0.0346 e. The fourth-order valence-electron chi connectivity index (χ4n) is 6.48. The molecule has 1 aliphatic rings. The van der Waals surface area contributed by atoms with Gasteiger partial charge in [-0.3, -0.25) is 4.98 Å². The molecule has 208 valence electrons. The standard InChI is InChI=1S/C42H35N/c1-4-30-23-37(26-38(24-30)35-12-7-11-34(25-35)36-13-8-22-43-27-36)31-15-17-32(18-16-31)39-20-14-29(3)42-40(39)21-19-33-10-6-5-9-28(2)41(33)42/h6-27H,4-5H2,1-3H3. The van der Waals surface area contributed by atoms with E-state index in [9.17, 15) is 0 Å². The molecule has 0 radical (unpaired) electrons. The van der Waals surface area contributed by atoms with E-state index in [4.69, 9.17) is 0 Å². The van der Waals surface area contributed by atoms with Gasteiger partial charge in [0, 0.05) is 18.0 Å². The first kappa shape index (κ1) is 26.9. The zero-order chi connectivity index (χ0) is 29.3. The Labute approximate surface area is 254 Å². The highest BCUT2D eigenvalue weighted by Gasteiger charge is 2.15. The molecule has 0 saturated heterocycles. The van der Waals surface area contributed by atoms with Crippen molar-refractivity contribution in [1.82, 2.24) is 4.98 Å². The molecular formula is C42H35N.